The molecule has 0 heterocycles. The van der Waals surface area contributed by atoms with Gasteiger partial charge in [-0.3, -0.25) is 4.79 Å². The van der Waals surface area contributed by atoms with Crippen molar-refractivity contribution in [2.24, 2.45) is 5.92 Å². The van der Waals surface area contributed by atoms with E-state index in [2.05, 4.69) is 0 Å². The molecule has 1 saturated carbocycles. The molecule has 1 aromatic rings. The van der Waals surface area contributed by atoms with Crippen LogP contribution in [0.4, 0.5) is 0 Å². The number of benzene rings is 1. The Labute approximate surface area is 106 Å². The fourth-order valence-corrected chi connectivity index (χ4v) is 2.00. The van der Waals surface area contributed by atoms with E-state index in [1.807, 2.05) is 30.3 Å². The van der Waals surface area contributed by atoms with E-state index in [1.165, 1.54) is 4.90 Å². The molecule has 0 aromatic heterocycles. The van der Waals surface area contributed by atoms with Gasteiger partial charge in [0.05, 0.1) is 0 Å². The monoisotopic (exact) mass is 247 g/mol. The Bertz CT molecular complexity index is 440. The van der Waals surface area contributed by atoms with Gasteiger partial charge in [0.25, 0.3) is 0 Å². The smallest absolute Gasteiger partial charge is 0.326 e. The summed E-state index contributed by atoms with van der Waals surface area (Å²) in [6, 6.07) is 8.61. The third kappa shape index (κ3) is 2.88. The molecule has 1 amide bonds. The maximum atomic E-state index is 11.9. The van der Waals surface area contributed by atoms with Gasteiger partial charge in [0.15, 0.2) is 0 Å². The van der Waals surface area contributed by atoms with Crippen LogP contribution in [0, 0.1) is 5.92 Å². The van der Waals surface area contributed by atoms with Gasteiger partial charge in [0, 0.05) is 19.4 Å². The van der Waals surface area contributed by atoms with E-state index in [0.717, 1.165) is 18.4 Å². The summed E-state index contributed by atoms with van der Waals surface area (Å²) in [5.74, 6) is -0.943. The van der Waals surface area contributed by atoms with Crippen molar-refractivity contribution in [2.45, 2.75) is 25.3 Å². The second-order valence-corrected chi connectivity index (χ2v) is 4.77. The zero-order chi connectivity index (χ0) is 13.1. The van der Waals surface area contributed by atoms with E-state index in [4.69, 9.17) is 0 Å². The minimum Gasteiger partial charge on any atom is -0.480 e. The number of rotatable bonds is 5. The summed E-state index contributed by atoms with van der Waals surface area (Å²) < 4.78 is 0. The molecule has 0 radical (unpaired) electrons. The number of amides is 1. The second-order valence-electron chi connectivity index (χ2n) is 4.77. The van der Waals surface area contributed by atoms with Gasteiger partial charge < -0.3 is 10.0 Å². The molecular weight excluding hydrogens is 230 g/mol. The van der Waals surface area contributed by atoms with Crippen LogP contribution < -0.4 is 0 Å². The molecule has 4 heteroatoms. The lowest BCUT2D eigenvalue weighted by Crippen LogP contribution is -2.44. The quantitative estimate of drug-likeness (QED) is 0.858. The predicted octanol–water partition coefficient (Wildman–Crippen LogP) is 1.55. The minimum atomic E-state index is -0.949. The highest BCUT2D eigenvalue weighted by atomic mass is 16.4. The third-order valence-corrected chi connectivity index (χ3v) is 3.30. The van der Waals surface area contributed by atoms with Gasteiger partial charge in [-0.2, -0.15) is 0 Å². The molecule has 0 spiro atoms. The molecule has 0 aliphatic heterocycles. The van der Waals surface area contributed by atoms with Gasteiger partial charge in [0.1, 0.15) is 6.04 Å². The van der Waals surface area contributed by atoms with Crippen molar-refractivity contribution >= 4 is 11.9 Å². The number of carboxylic acid groups (broad SMARTS) is 1. The van der Waals surface area contributed by atoms with Crippen molar-refractivity contribution in [2.75, 3.05) is 7.05 Å². The van der Waals surface area contributed by atoms with E-state index in [-0.39, 0.29) is 11.8 Å². The molecule has 0 saturated heterocycles. The fourth-order valence-electron chi connectivity index (χ4n) is 2.00. The first kappa shape index (κ1) is 12.6. The first-order chi connectivity index (χ1) is 8.59. The number of carbonyl (C=O) groups excluding carboxylic acids is 1. The molecular formula is C14H17NO3. The number of carbonyl (C=O) groups is 2. The molecule has 1 aliphatic carbocycles. The number of aliphatic carboxylic acids is 1. The molecule has 0 bridgehead atoms. The van der Waals surface area contributed by atoms with Crippen molar-refractivity contribution in [3.63, 3.8) is 0 Å². The average Bonchev–Trinajstić information content (AvgIpc) is 3.19. The van der Waals surface area contributed by atoms with Crippen LogP contribution in [0.1, 0.15) is 18.4 Å². The van der Waals surface area contributed by atoms with Gasteiger partial charge in [-0.1, -0.05) is 30.3 Å². The van der Waals surface area contributed by atoms with Crippen LogP contribution in [-0.4, -0.2) is 35.0 Å². The molecule has 18 heavy (non-hydrogen) atoms. The van der Waals surface area contributed by atoms with E-state index in [1.54, 1.807) is 7.05 Å². The van der Waals surface area contributed by atoms with Crippen LogP contribution in [0.5, 0.6) is 0 Å². The number of nitrogens with zero attached hydrogens (tertiary/aromatic N) is 1. The molecule has 4 nitrogen and oxygen atoms in total. The van der Waals surface area contributed by atoms with E-state index < -0.39 is 12.0 Å². The first-order valence-corrected chi connectivity index (χ1v) is 6.13. The Morgan fingerprint density at radius 2 is 1.94 bits per heavy atom. The minimum absolute atomic E-state index is 0.0432. The highest BCUT2D eigenvalue weighted by molar-refractivity contribution is 5.86. The van der Waals surface area contributed by atoms with Gasteiger partial charge in [0.2, 0.25) is 5.91 Å². The Morgan fingerprint density at radius 1 is 1.33 bits per heavy atom. The predicted molar refractivity (Wildman–Crippen MR) is 67.1 cm³/mol. The van der Waals surface area contributed by atoms with Crippen LogP contribution >= 0.6 is 0 Å². The Balaban J connectivity index is 2.08. The topological polar surface area (TPSA) is 57.6 Å². The highest BCUT2D eigenvalue weighted by Crippen LogP contribution is 2.31. The second kappa shape index (κ2) is 5.21. The first-order valence-electron chi connectivity index (χ1n) is 6.13. The number of hydrogen-bond donors (Lipinski definition) is 1. The maximum absolute atomic E-state index is 11.9. The van der Waals surface area contributed by atoms with Crippen molar-refractivity contribution < 1.29 is 14.7 Å². The van der Waals surface area contributed by atoms with Crippen LogP contribution in [-0.2, 0) is 16.0 Å². The van der Waals surface area contributed by atoms with Crippen LogP contribution in [0.3, 0.4) is 0 Å². The number of hydrogen-bond acceptors (Lipinski definition) is 2. The summed E-state index contributed by atoms with van der Waals surface area (Å²) in [7, 11) is 1.59. The van der Waals surface area contributed by atoms with Gasteiger partial charge in [-0.05, 0) is 18.4 Å². The lowest BCUT2D eigenvalue weighted by atomic mass is 10.0. The average molecular weight is 247 g/mol. The largest absolute Gasteiger partial charge is 0.480 e. The third-order valence-electron chi connectivity index (χ3n) is 3.30. The van der Waals surface area contributed by atoms with Crippen molar-refractivity contribution in [1.29, 1.82) is 0 Å². The lowest BCUT2D eigenvalue weighted by Gasteiger charge is -2.25. The highest BCUT2D eigenvalue weighted by Gasteiger charge is 2.36. The molecule has 1 unspecified atom stereocenters. The Morgan fingerprint density at radius 3 is 2.44 bits per heavy atom. The molecule has 1 aliphatic rings. The van der Waals surface area contributed by atoms with Crippen molar-refractivity contribution in [1.82, 2.24) is 4.90 Å². The molecule has 2 rings (SSSR count). The van der Waals surface area contributed by atoms with E-state index in [9.17, 15) is 14.7 Å². The van der Waals surface area contributed by atoms with Crippen molar-refractivity contribution in [3.05, 3.63) is 35.9 Å². The molecule has 1 N–H and O–H groups in total. The van der Waals surface area contributed by atoms with Gasteiger partial charge in [-0.25, -0.2) is 4.79 Å². The standard InChI is InChI=1S/C14H17NO3/c1-15(13(16)11-7-8-11)12(14(17)18)9-10-5-3-2-4-6-10/h2-6,11-12H,7-9H2,1H3,(H,17,18). The zero-order valence-corrected chi connectivity index (χ0v) is 10.4. The zero-order valence-electron chi connectivity index (χ0n) is 10.4. The van der Waals surface area contributed by atoms with Crippen LogP contribution in [0.25, 0.3) is 0 Å². The summed E-state index contributed by atoms with van der Waals surface area (Å²) >= 11 is 0. The SMILES string of the molecule is CN(C(=O)C1CC1)C(Cc1ccccc1)C(=O)O. The summed E-state index contributed by atoms with van der Waals surface area (Å²) in [5.41, 5.74) is 0.931. The Hall–Kier alpha value is -1.84. The van der Waals surface area contributed by atoms with Crippen LogP contribution in [0.2, 0.25) is 0 Å². The summed E-state index contributed by atoms with van der Waals surface area (Å²) in [6.45, 7) is 0. The normalized spacial score (nSPS) is 16.1. The Kier molecular flexibility index (Phi) is 3.65. The van der Waals surface area contributed by atoms with Crippen LogP contribution in [0.15, 0.2) is 30.3 Å². The molecule has 96 valence electrons. The molecule has 1 aromatic carbocycles. The van der Waals surface area contributed by atoms with Crippen molar-refractivity contribution in [3.8, 4) is 0 Å². The molecule has 1 atom stereocenters. The summed E-state index contributed by atoms with van der Waals surface area (Å²) in [4.78, 5) is 24.6. The number of likely N-dealkylation sites (N-methyl/N-ethyl adjacent to an activating group) is 1. The fraction of sp³-hybridized carbons (Fsp3) is 0.429. The maximum Gasteiger partial charge on any atom is 0.326 e. The lowest BCUT2D eigenvalue weighted by molar-refractivity contribution is -0.149. The van der Waals surface area contributed by atoms with Gasteiger partial charge in [-0.15, -0.1) is 0 Å². The summed E-state index contributed by atoms with van der Waals surface area (Å²) in [6.07, 6.45) is 2.13. The van der Waals surface area contributed by atoms with E-state index >= 15 is 0 Å². The molecule has 1 fully saturated rings. The van der Waals surface area contributed by atoms with Gasteiger partial charge >= 0.3 is 5.97 Å². The number of carboxylic acids is 1. The van der Waals surface area contributed by atoms with E-state index in [0.29, 0.717) is 6.42 Å². The summed E-state index contributed by atoms with van der Waals surface area (Å²) in [5, 5.41) is 9.26.